The van der Waals surface area contributed by atoms with Gasteiger partial charge < -0.3 is 26.2 Å². The molecule has 140 valence electrons. The van der Waals surface area contributed by atoms with Gasteiger partial charge in [-0.05, 0) is 49.7 Å². The Balaban J connectivity index is 1.64. The second-order valence-electron chi connectivity index (χ2n) is 5.94. The van der Waals surface area contributed by atoms with Gasteiger partial charge in [-0.15, -0.1) is 0 Å². The van der Waals surface area contributed by atoms with Crippen molar-refractivity contribution in [2.24, 2.45) is 5.73 Å². The Bertz CT molecular complexity index is 872. The number of aromatic hydroxyl groups is 1. The van der Waals surface area contributed by atoms with Gasteiger partial charge in [0, 0.05) is 29.7 Å². The summed E-state index contributed by atoms with van der Waals surface area (Å²) in [5, 5.41) is 15.9. The van der Waals surface area contributed by atoms with Crippen molar-refractivity contribution in [1.82, 2.24) is 9.97 Å². The average molecular weight is 365 g/mol. The number of rotatable bonds is 9. The van der Waals surface area contributed by atoms with Crippen LogP contribution in [0.5, 0.6) is 11.5 Å². The molecule has 3 rings (SSSR count). The van der Waals surface area contributed by atoms with Crippen LogP contribution >= 0.6 is 0 Å². The van der Waals surface area contributed by atoms with Gasteiger partial charge in [-0.1, -0.05) is 12.1 Å². The normalized spacial score (nSPS) is 10.4. The summed E-state index contributed by atoms with van der Waals surface area (Å²) in [6.45, 7) is 1.32. The maximum atomic E-state index is 9.55. The highest BCUT2D eigenvalue weighted by Crippen LogP contribution is 2.22. The Hall–Kier alpha value is -3.32. The van der Waals surface area contributed by atoms with Gasteiger partial charge >= 0.3 is 0 Å². The predicted octanol–water partition coefficient (Wildman–Crippen LogP) is 3.79. The fourth-order valence-corrected chi connectivity index (χ4v) is 2.45. The second-order valence-corrected chi connectivity index (χ2v) is 5.94. The SMILES string of the molecule is NCCCCOc1cccc(Nc2ccnc(Nc3cccc(O)c3)n2)c1. The first-order valence-corrected chi connectivity index (χ1v) is 8.82. The van der Waals surface area contributed by atoms with E-state index in [0.717, 1.165) is 24.3 Å². The third-order valence-corrected chi connectivity index (χ3v) is 3.73. The monoisotopic (exact) mass is 365 g/mol. The van der Waals surface area contributed by atoms with Crippen LogP contribution in [0.15, 0.2) is 60.8 Å². The number of nitrogens with two attached hydrogens (primary N) is 1. The van der Waals surface area contributed by atoms with Crippen molar-refractivity contribution in [3.8, 4) is 11.5 Å². The van der Waals surface area contributed by atoms with Crippen LogP contribution in [0.4, 0.5) is 23.1 Å². The first-order valence-electron chi connectivity index (χ1n) is 8.82. The fourth-order valence-electron chi connectivity index (χ4n) is 2.45. The molecule has 0 amide bonds. The Morgan fingerprint density at radius 1 is 0.963 bits per heavy atom. The Kier molecular flexibility index (Phi) is 6.43. The third kappa shape index (κ3) is 5.86. The topological polar surface area (TPSA) is 105 Å². The van der Waals surface area contributed by atoms with Crippen LogP contribution in [0.2, 0.25) is 0 Å². The van der Waals surface area contributed by atoms with E-state index >= 15 is 0 Å². The van der Waals surface area contributed by atoms with E-state index in [4.69, 9.17) is 10.5 Å². The molecule has 7 nitrogen and oxygen atoms in total. The van der Waals surface area contributed by atoms with E-state index in [9.17, 15) is 5.11 Å². The molecule has 0 radical (unpaired) electrons. The molecule has 1 heterocycles. The number of nitrogens with zero attached hydrogens (tertiary/aromatic N) is 2. The van der Waals surface area contributed by atoms with Crippen LogP contribution in [0, 0.1) is 0 Å². The van der Waals surface area contributed by atoms with E-state index in [-0.39, 0.29) is 5.75 Å². The largest absolute Gasteiger partial charge is 0.508 e. The number of ether oxygens (including phenoxy) is 1. The molecule has 0 aliphatic rings. The van der Waals surface area contributed by atoms with Gasteiger partial charge in [0.2, 0.25) is 5.95 Å². The van der Waals surface area contributed by atoms with Gasteiger partial charge in [0.1, 0.15) is 17.3 Å². The van der Waals surface area contributed by atoms with Gasteiger partial charge in [-0.2, -0.15) is 4.98 Å². The smallest absolute Gasteiger partial charge is 0.229 e. The van der Waals surface area contributed by atoms with Gasteiger partial charge in [0.15, 0.2) is 0 Å². The van der Waals surface area contributed by atoms with Crippen LogP contribution in [0.1, 0.15) is 12.8 Å². The Morgan fingerprint density at radius 2 is 1.78 bits per heavy atom. The summed E-state index contributed by atoms with van der Waals surface area (Å²) in [5.41, 5.74) is 7.07. The predicted molar refractivity (Wildman–Crippen MR) is 107 cm³/mol. The van der Waals surface area contributed by atoms with Crippen molar-refractivity contribution >= 4 is 23.1 Å². The van der Waals surface area contributed by atoms with E-state index in [1.165, 1.54) is 0 Å². The number of aromatic nitrogens is 2. The van der Waals surface area contributed by atoms with Gasteiger partial charge in [0.05, 0.1) is 6.61 Å². The van der Waals surface area contributed by atoms with E-state index in [1.54, 1.807) is 30.5 Å². The summed E-state index contributed by atoms with van der Waals surface area (Å²) in [4.78, 5) is 8.64. The molecular weight excluding hydrogens is 342 g/mol. The number of phenols is 1. The van der Waals surface area contributed by atoms with Crippen molar-refractivity contribution < 1.29 is 9.84 Å². The van der Waals surface area contributed by atoms with E-state index in [1.807, 2.05) is 30.3 Å². The number of unbranched alkanes of at least 4 members (excludes halogenated alkanes) is 1. The number of phenolic OH excluding ortho intramolecular Hbond substituents is 1. The van der Waals surface area contributed by atoms with E-state index in [0.29, 0.717) is 30.6 Å². The lowest BCUT2D eigenvalue weighted by Crippen LogP contribution is -2.03. The zero-order chi connectivity index (χ0) is 18.9. The summed E-state index contributed by atoms with van der Waals surface area (Å²) in [7, 11) is 0. The van der Waals surface area contributed by atoms with Crippen molar-refractivity contribution in [3.05, 3.63) is 60.8 Å². The van der Waals surface area contributed by atoms with E-state index < -0.39 is 0 Å². The molecule has 5 N–H and O–H groups in total. The van der Waals surface area contributed by atoms with Crippen LogP contribution in [-0.4, -0.2) is 28.2 Å². The third-order valence-electron chi connectivity index (χ3n) is 3.73. The quantitative estimate of drug-likeness (QED) is 0.428. The maximum absolute atomic E-state index is 9.55. The molecule has 0 aliphatic carbocycles. The van der Waals surface area contributed by atoms with Crippen LogP contribution in [0.3, 0.4) is 0 Å². The van der Waals surface area contributed by atoms with Crippen molar-refractivity contribution in [2.45, 2.75) is 12.8 Å². The lowest BCUT2D eigenvalue weighted by Gasteiger charge is -2.10. The number of nitrogens with one attached hydrogen (secondary N) is 2. The minimum Gasteiger partial charge on any atom is -0.508 e. The first-order chi connectivity index (χ1) is 13.2. The van der Waals surface area contributed by atoms with Crippen LogP contribution in [-0.2, 0) is 0 Å². The molecule has 0 saturated heterocycles. The van der Waals surface area contributed by atoms with Gasteiger partial charge in [0.25, 0.3) is 0 Å². The molecule has 0 unspecified atom stereocenters. The zero-order valence-corrected chi connectivity index (χ0v) is 14.9. The average Bonchev–Trinajstić information content (AvgIpc) is 2.66. The summed E-state index contributed by atoms with van der Waals surface area (Å²) in [5.74, 6) is 2.05. The minimum atomic E-state index is 0.178. The lowest BCUT2D eigenvalue weighted by atomic mass is 10.3. The van der Waals surface area contributed by atoms with E-state index in [2.05, 4.69) is 20.6 Å². The number of anilines is 4. The standard InChI is InChI=1S/C20H23N5O2/c21-10-1-2-12-27-18-8-4-6-16(14-18)23-19-9-11-22-20(25-19)24-15-5-3-7-17(26)13-15/h3-9,11,13-14,26H,1-2,10,12,21H2,(H2,22,23,24,25). The molecule has 1 aromatic heterocycles. The van der Waals surface area contributed by atoms with Gasteiger partial charge in [-0.25, -0.2) is 4.98 Å². The molecule has 0 spiro atoms. The lowest BCUT2D eigenvalue weighted by molar-refractivity contribution is 0.308. The molecule has 27 heavy (non-hydrogen) atoms. The summed E-state index contributed by atoms with van der Waals surface area (Å²) in [6.07, 6.45) is 3.55. The van der Waals surface area contributed by atoms with Crippen molar-refractivity contribution in [1.29, 1.82) is 0 Å². The van der Waals surface area contributed by atoms with Gasteiger partial charge in [-0.3, -0.25) is 0 Å². The number of benzene rings is 2. The zero-order valence-electron chi connectivity index (χ0n) is 14.9. The summed E-state index contributed by atoms with van der Waals surface area (Å²) < 4.78 is 5.74. The molecule has 0 atom stereocenters. The first kappa shape index (κ1) is 18.5. The maximum Gasteiger partial charge on any atom is 0.229 e. The summed E-state index contributed by atoms with van der Waals surface area (Å²) in [6, 6.07) is 16.3. The van der Waals surface area contributed by atoms with Crippen LogP contribution < -0.4 is 21.1 Å². The molecule has 0 bridgehead atoms. The highest BCUT2D eigenvalue weighted by molar-refractivity contribution is 5.61. The molecule has 2 aromatic carbocycles. The second kappa shape index (κ2) is 9.40. The molecule has 3 aromatic rings. The highest BCUT2D eigenvalue weighted by Gasteiger charge is 2.03. The van der Waals surface area contributed by atoms with Crippen molar-refractivity contribution in [3.63, 3.8) is 0 Å². The molecule has 0 saturated carbocycles. The molecular formula is C20H23N5O2. The Morgan fingerprint density at radius 3 is 2.59 bits per heavy atom. The summed E-state index contributed by atoms with van der Waals surface area (Å²) >= 11 is 0. The molecule has 0 aliphatic heterocycles. The fraction of sp³-hybridized carbons (Fsp3) is 0.200. The highest BCUT2D eigenvalue weighted by atomic mass is 16.5. The molecule has 7 heteroatoms. The number of hydrogen-bond acceptors (Lipinski definition) is 7. The van der Waals surface area contributed by atoms with Crippen LogP contribution in [0.25, 0.3) is 0 Å². The molecule has 0 fully saturated rings. The Labute approximate surface area is 158 Å². The van der Waals surface area contributed by atoms with Crippen molar-refractivity contribution in [2.75, 3.05) is 23.8 Å². The minimum absolute atomic E-state index is 0.178. The number of hydrogen-bond donors (Lipinski definition) is 4.